The Bertz CT molecular complexity index is 541. The number of nitrogens with zero attached hydrogens (tertiary/aromatic N) is 2. The molecule has 112 valence electrons. The number of benzene rings is 1. The molecule has 7 heteroatoms. The molecule has 0 bridgehead atoms. The summed E-state index contributed by atoms with van der Waals surface area (Å²) in [5.74, 6) is -0.334. The van der Waals surface area contributed by atoms with Crippen LogP contribution in [0.2, 0.25) is 0 Å². The van der Waals surface area contributed by atoms with Gasteiger partial charge in [-0.05, 0) is 24.6 Å². The van der Waals surface area contributed by atoms with E-state index in [-0.39, 0.29) is 11.9 Å². The third-order valence-electron chi connectivity index (χ3n) is 3.56. The van der Waals surface area contributed by atoms with Crippen LogP contribution in [0.4, 0.5) is 4.39 Å². The van der Waals surface area contributed by atoms with E-state index in [4.69, 9.17) is 4.74 Å². The molecular weight excluding hydrogens is 283 g/mol. The Balaban J connectivity index is 2.16. The predicted octanol–water partition coefficient (Wildman–Crippen LogP) is 1.40. The van der Waals surface area contributed by atoms with Crippen LogP contribution in [-0.4, -0.2) is 50.4 Å². The summed E-state index contributed by atoms with van der Waals surface area (Å²) < 4.78 is 45.8. The number of hydrogen-bond acceptors (Lipinski definition) is 3. The van der Waals surface area contributed by atoms with E-state index in [2.05, 4.69) is 0 Å². The van der Waals surface area contributed by atoms with Gasteiger partial charge in [-0.3, -0.25) is 0 Å². The summed E-state index contributed by atoms with van der Waals surface area (Å²) in [6.45, 7) is 3.34. The Labute approximate surface area is 119 Å². The van der Waals surface area contributed by atoms with Gasteiger partial charge in [-0.1, -0.05) is 12.1 Å². The predicted molar refractivity (Wildman–Crippen MR) is 73.9 cm³/mol. The highest BCUT2D eigenvalue weighted by atomic mass is 32.2. The molecular formula is C13H19FN2O3S. The minimum atomic E-state index is -3.53. The van der Waals surface area contributed by atoms with Crippen molar-refractivity contribution in [3.63, 3.8) is 0 Å². The lowest BCUT2D eigenvalue weighted by molar-refractivity contribution is 0.0700. The maximum atomic E-state index is 12.9. The molecule has 0 aliphatic carbocycles. The minimum absolute atomic E-state index is 0.334. The first-order valence-corrected chi connectivity index (χ1v) is 7.89. The number of hydrogen-bond donors (Lipinski definition) is 0. The van der Waals surface area contributed by atoms with Gasteiger partial charge in [0, 0.05) is 26.2 Å². The molecule has 0 aromatic heterocycles. The average molecular weight is 302 g/mol. The summed E-state index contributed by atoms with van der Waals surface area (Å²) in [6.07, 6.45) is 0. The highest BCUT2D eigenvalue weighted by Crippen LogP contribution is 2.23. The van der Waals surface area contributed by atoms with Gasteiger partial charge in [-0.2, -0.15) is 17.0 Å². The van der Waals surface area contributed by atoms with Crippen molar-refractivity contribution < 1.29 is 17.5 Å². The summed E-state index contributed by atoms with van der Waals surface area (Å²) in [5.41, 5.74) is 0.755. The van der Waals surface area contributed by atoms with Gasteiger partial charge >= 0.3 is 0 Å². The van der Waals surface area contributed by atoms with Crippen LogP contribution in [0.1, 0.15) is 18.5 Å². The Hall–Kier alpha value is -1.02. The molecule has 1 aliphatic rings. The molecule has 1 fully saturated rings. The summed E-state index contributed by atoms with van der Waals surface area (Å²) in [5, 5.41) is 0. The first-order chi connectivity index (χ1) is 9.43. The topological polar surface area (TPSA) is 49.9 Å². The van der Waals surface area contributed by atoms with Crippen molar-refractivity contribution in [2.24, 2.45) is 0 Å². The van der Waals surface area contributed by atoms with Crippen LogP contribution in [0.3, 0.4) is 0 Å². The van der Waals surface area contributed by atoms with Crippen molar-refractivity contribution in [1.29, 1.82) is 0 Å². The molecule has 0 amide bonds. The van der Waals surface area contributed by atoms with Gasteiger partial charge < -0.3 is 4.74 Å². The first kappa shape index (κ1) is 15.4. The summed E-state index contributed by atoms with van der Waals surface area (Å²) in [4.78, 5) is 0. The summed E-state index contributed by atoms with van der Waals surface area (Å²) >= 11 is 0. The molecule has 0 N–H and O–H groups in total. The van der Waals surface area contributed by atoms with E-state index in [1.54, 1.807) is 26.1 Å². The van der Waals surface area contributed by atoms with E-state index in [1.807, 2.05) is 0 Å². The van der Waals surface area contributed by atoms with Gasteiger partial charge in [0.15, 0.2) is 0 Å². The van der Waals surface area contributed by atoms with Crippen molar-refractivity contribution in [2.75, 3.05) is 33.4 Å². The number of rotatable bonds is 4. The van der Waals surface area contributed by atoms with E-state index < -0.39 is 10.2 Å². The lowest BCUT2D eigenvalue weighted by atomic mass is 10.1. The van der Waals surface area contributed by atoms with Gasteiger partial charge in [-0.15, -0.1) is 0 Å². The molecule has 1 aliphatic heterocycles. The van der Waals surface area contributed by atoms with Crippen LogP contribution in [0, 0.1) is 5.82 Å². The number of ether oxygens (including phenoxy) is 1. The molecule has 0 unspecified atom stereocenters. The largest absolute Gasteiger partial charge is 0.379 e. The van der Waals surface area contributed by atoms with E-state index in [0.717, 1.165) is 5.56 Å². The fourth-order valence-electron chi connectivity index (χ4n) is 2.11. The fourth-order valence-corrected chi connectivity index (χ4v) is 3.61. The molecule has 1 saturated heterocycles. The minimum Gasteiger partial charge on any atom is -0.379 e. The van der Waals surface area contributed by atoms with E-state index in [1.165, 1.54) is 20.7 Å². The molecule has 1 aromatic rings. The van der Waals surface area contributed by atoms with Crippen molar-refractivity contribution in [2.45, 2.75) is 13.0 Å². The van der Waals surface area contributed by atoms with E-state index >= 15 is 0 Å². The smallest absolute Gasteiger partial charge is 0.282 e. The van der Waals surface area contributed by atoms with Gasteiger partial charge in [0.2, 0.25) is 0 Å². The standard InChI is InChI=1S/C13H19FN2O3S/c1-11(12-3-5-13(14)6-4-12)15(2)20(17,18)16-7-9-19-10-8-16/h3-6,11H,7-10H2,1-2H3/t11-/m0/s1. The van der Waals surface area contributed by atoms with Crippen molar-refractivity contribution in [1.82, 2.24) is 8.61 Å². The van der Waals surface area contributed by atoms with Gasteiger partial charge in [-0.25, -0.2) is 4.39 Å². The highest BCUT2D eigenvalue weighted by molar-refractivity contribution is 7.86. The fraction of sp³-hybridized carbons (Fsp3) is 0.538. The molecule has 1 heterocycles. The van der Waals surface area contributed by atoms with Crippen molar-refractivity contribution in [3.8, 4) is 0 Å². The number of halogens is 1. The zero-order valence-corrected chi connectivity index (χ0v) is 12.4. The molecule has 1 aromatic carbocycles. The highest BCUT2D eigenvalue weighted by Gasteiger charge is 2.31. The molecule has 1 atom stereocenters. The van der Waals surface area contributed by atoms with Crippen molar-refractivity contribution >= 4 is 10.2 Å². The molecule has 20 heavy (non-hydrogen) atoms. The third kappa shape index (κ3) is 3.17. The maximum Gasteiger partial charge on any atom is 0.282 e. The second-order valence-corrected chi connectivity index (χ2v) is 6.75. The van der Waals surface area contributed by atoms with Crippen LogP contribution in [0.5, 0.6) is 0 Å². The molecule has 2 rings (SSSR count). The Kier molecular flexibility index (Phi) is 4.74. The summed E-state index contributed by atoms with van der Waals surface area (Å²) in [7, 11) is -1.99. The first-order valence-electron chi connectivity index (χ1n) is 6.49. The zero-order valence-electron chi connectivity index (χ0n) is 11.6. The van der Waals surface area contributed by atoms with E-state index in [0.29, 0.717) is 26.3 Å². The molecule has 0 saturated carbocycles. The zero-order chi connectivity index (χ0) is 14.8. The Morgan fingerprint density at radius 1 is 1.25 bits per heavy atom. The second kappa shape index (κ2) is 6.17. The Morgan fingerprint density at radius 3 is 2.35 bits per heavy atom. The van der Waals surface area contributed by atoms with Crippen LogP contribution in [-0.2, 0) is 14.9 Å². The normalized spacial score (nSPS) is 19.2. The van der Waals surface area contributed by atoms with Gasteiger partial charge in [0.05, 0.1) is 13.2 Å². The summed E-state index contributed by atoms with van der Waals surface area (Å²) in [6, 6.07) is 5.52. The van der Waals surface area contributed by atoms with Gasteiger partial charge in [0.25, 0.3) is 10.2 Å². The lowest BCUT2D eigenvalue weighted by Crippen LogP contribution is -2.47. The van der Waals surface area contributed by atoms with Gasteiger partial charge in [0.1, 0.15) is 5.82 Å². The maximum absolute atomic E-state index is 12.9. The average Bonchev–Trinajstić information content (AvgIpc) is 2.47. The van der Waals surface area contributed by atoms with Crippen LogP contribution in [0.25, 0.3) is 0 Å². The quantitative estimate of drug-likeness (QED) is 0.844. The lowest BCUT2D eigenvalue weighted by Gasteiger charge is -2.33. The molecule has 0 spiro atoms. The molecule has 0 radical (unpaired) electrons. The Morgan fingerprint density at radius 2 is 1.80 bits per heavy atom. The molecule has 5 nitrogen and oxygen atoms in total. The van der Waals surface area contributed by atoms with E-state index in [9.17, 15) is 12.8 Å². The van der Waals surface area contributed by atoms with Crippen molar-refractivity contribution in [3.05, 3.63) is 35.6 Å². The SMILES string of the molecule is C[C@@H](c1ccc(F)cc1)N(C)S(=O)(=O)N1CCOCC1. The van der Waals surface area contributed by atoms with Crippen LogP contribution < -0.4 is 0 Å². The van der Waals surface area contributed by atoms with Crippen LogP contribution >= 0.6 is 0 Å². The monoisotopic (exact) mass is 302 g/mol. The number of morpholine rings is 1. The second-order valence-electron chi connectivity index (χ2n) is 4.76. The van der Waals surface area contributed by atoms with Crippen LogP contribution in [0.15, 0.2) is 24.3 Å². The third-order valence-corrected chi connectivity index (χ3v) is 5.62.